The molecular formula is C64H93N13O9. The van der Waals surface area contributed by atoms with Crippen molar-refractivity contribution in [2.45, 2.75) is 166 Å². The van der Waals surface area contributed by atoms with E-state index in [1.165, 1.54) is 0 Å². The van der Waals surface area contributed by atoms with Gasteiger partial charge in [0.25, 0.3) is 0 Å². The van der Waals surface area contributed by atoms with Crippen LogP contribution in [0.3, 0.4) is 0 Å². The molecule has 0 spiro atoms. The topological polar surface area (TPSA) is 380 Å². The second-order valence-electron chi connectivity index (χ2n) is 22.7. The van der Waals surface area contributed by atoms with Gasteiger partial charge in [-0.25, -0.2) is 0 Å². The third-order valence-corrected chi connectivity index (χ3v) is 14.3. The Morgan fingerprint density at radius 1 is 0.349 bits per heavy atom. The van der Waals surface area contributed by atoms with Crippen LogP contribution in [0.4, 0.5) is 0 Å². The Morgan fingerprint density at radius 2 is 0.640 bits per heavy atom. The molecule has 22 heteroatoms. The molecule has 0 bridgehead atoms. The van der Waals surface area contributed by atoms with Gasteiger partial charge < -0.3 is 71.2 Å². The van der Waals surface area contributed by atoms with Gasteiger partial charge in [0.05, 0.1) is 12.1 Å². The first-order valence-electron chi connectivity index (χ1n) is 29.9. The van der Waals surface area contributed by atoms with Crippen molar-refractivity contribution >= 4 is 53.2 Å². The normalized spacial score (nSPS) is 14.3. The minimum absolute atomic E-state index is 0.0681. The summed E-state index contributed by atoms with van der Waals surface area (Å²) in [5.41, 5.74) is 33.3. The summed E-state index contributed by atoms with van der Waals surface area (Å²) in [7, 11) is 0. The van der Waals surface area contributed by atoms with Crippen molar-refractivity contribution in [3.8, 4) is 0 Å². The van der Waals surface area contributed by atoms with E-state index in [0.717, 1.165) is 22.3 Å². The Bertz CT molecular complexity index is 2740. The van der Waals surface area contributed by atoms with E-state index >= 15 is 0 Å². The maximum absolute atomic E-state index is 14.2. The molecule has 0 unspecified atom stereocenters. The van der Waals surface area contributed by atoms with Gasteiger partial charge >= 0.3 is 0 Å². The lowest BCUT2D eigenvalue weighted by atomic mass is 9.99. The molecule has 4 aromatic rings. The van der Waals surface area contributed by atoms with Gasteiger partial charge in [-0.1, -0.05) is 149 Å². The van der Waals surface area contributed by atoms with Crippen LogP contribution in [-0.4, -0.2) is 127 Å². The quantitative estimate of drug-likeness (QED) is 0.0281. The minimum atomic E-state index is -1.19. The van der Waals surface area contributed by atoms with Crippen molar-refractivity contribution in [3.05, 3.63) is 144 Å². The van der Waals surface area contributed by atoms with Crippen LogP contribution in [0.15, 0.2) is 121 Å². The maximum atomic E-state index is 14.2. The van der Waals surface area contributed by atoms with Crippen LogP contribution in [0, 0.1) is 11.8 Å². The molecule has 0 heterocycles. The molecule has 0 aliphatic rings. The molecule has 0 aliphatic heterocycles. The minimum Gasteiger partial charge on any atom is -0.368 e. The number of nitrogens with one attached hydrogen (secondary N) is 8. The summed E-state index contributed by atoms with van der Waals surface area (Å²) >= 11 is 0. The molecule has 9 amide bonds. The first-order valence-corrected chi connectivity index (χ1v) is 29.9. The highest BCUT2D eigenvalue weighted by Crippen LogP contribution is 2.14. The molecule has 0 saturated carbocycles. The van der Waals surface area contributed by atoms with Gasteiger partial charge in [0, 0.05) is 19.4 Å². The molecule has 0 fully saturated rings. The molecule has 86 heavy (non-hydrogen) atoms. The number of hydrogen-bond donors (Lipinski definition) is 13. The number of rotatable bonds is 39. The van der Waals surface area contributed by atoms with E-state index in [1.54, 1.807) is 12.1 Å². The van der Waals surface area contributed by atoms with E-state index in [0.29, 0.717) is 25.7 Å². The van der Waals surface area contributed by atoms with Gasteiger partial charge in [-0.3, -0.25) is 43.2 Å². The van der Waals surface area contributed by atoms with E-state index in [-0.39, 0.29) is 89.3 Å². The smallest absolute Gasteiger partial charge is 0.243 e. The standard InChI is InChI=1S/C64H93N13O9/c1-41(2)35-52(76-63(85)54(39-45-25-13-7-14-26-45)74-57(79)47(67)37-43-21-9-5-10-22-43)61(83)72-50(30-19-32-65)59(81)70-34-18-17-29-49(56(69)78)71-60(82)51(31-20-33-66)73-62(84)53(36-42(3)4)77-64(86)55(40-46-27-15-8-16-28-46)75-58(80)48(68)38-44-23-11-6-12-24-44/h5-16,21-28,41-42,47-55H,17-20,29-40,65-68H2,1-4H3,(H2,69,78)(H,70,81)(H,71,82)(H,72,83)(H,73,84)(H,74,79)(H,75,80)(H,76,85)(H,77,86)/t47-,48-,49-,50-,51-,52-,53-,54-,55-/m1/s1. The second kappa shape index (κ2) is 38.1. The molecule has 4 rings (SSSR count). The van der Waals surface area contributed by atoms with E-state index in [1.807, 2.05) is 137 Å². The zero-order valence-corrected chi connectivity index (χ0v) is 50.3. The predicted molar refractivity (Wildman–Crippen MR) is 332 cm³/mol. The van der Waals surface area contributed by atoms with Crippen molar-refractivity contribution in [2.24, 2.45) is 40.5 Å². The zero-order valence-electron chi connectivity index (χ0n) is 50.3. The molecule has 0 saturated heterocycles. The van der Waals surface area contributed by atoms with Crippen LogP contribution in [0.2, 0.25) is 0 Å². The van der Waals surface area contributed by atoms with Crippen LogP contribution in [0.1, 0.15) is 108 Å². The molecule has 22 nitrogen and oxygen atoms in total. The Kier molecular flexibility index (Phi) is 31.2. The average molecular weight is 1190 g/mol. The molecule has 9 atom stereocenters. The summed E-state index contributed by atoms with van der Waals surface area (Å²) in [6.07, 6.45) is 2.72. The van der Waals surface area contributed by atoms with E-state index in [4.69, 9.17) is 28.7 Å². The number of nitrogens with two attached hydrogens (primary N) is 5. The molecule has 468 valence electrons. The van der Waals surface area contributed by atoms with Crippen molar-refractivity contribution in [3.63, 3.8) is 0 Å². The lowest BCUT2D eigenvalue weighted by Crippen LogP contribution is -2.59. The van der Waals surface area contributed by atoms with Crippen LogP contribution < -0.4 is 71.2 Å². The van der Waals surface area contributed by atoms with Gasteiger partial charge in [-0.05, 0) is 118 Å². The number of carbonyl (C=O) groups is 9. The molecule has 4 aromatic carbocycles. The lowest BCUT2D eigenvalue weighted by molar-refractivity contribution is -0.134. The summed E-state index contributed by atoms with van der Waals surface area (Å²) in [5.74, 6) is -5.83. The van der Waals surface area contributed by atoms with Crippen molar-refractivity contribution in [1.29, 1.82) is 0 Å². The summed E-state index contributed by atoms with van der Waals surface area (Å²) in [4.78, 5) is 124. The fourth-order valence-corrected chi connectivity index (χ4v) is 9.64. The van der Waals surface area contributed by atoms with E-state index < -0.39 is 108 Å². The predicted octanol–water partition coefficient (Wildman–Crippen LogP) is 1.35. The number of amides is 9. The van der Waals surface area contributed by atoms with Crippen molar-refractivity contribution in [2.75, 3.05) is 19.6 Å². The third-order valence-electron chi connectivity index (χ3n) is 14.3. The Balaban J connectivity index is 1.37. The van der Waals surface area contributed by atoms with Crippen LogP contribution in [-0.2, 0) is 68.8 Å². The third kappa shape index (κ3) is 26.1. The van der Waals surface area contributed by atoms with Crippen LogP contribution in [0.25, 0.3) is 0 Å². The van der Waals surface area contributed by atoms with Gasteiger partial charge in [-0.2, -0.15) is 0 Å². The largest absolute Gasteiger partial charge is 0.368 e. The van der Waals surface area contributed by atoms with Crippen molar-refractivity contribution in [1.82, 2.24) is 42.5 Å². The summed E-state index contributed by atoms with van der Waals surface area (Å²) < 4.78 is 0. The highest BCUT2D eigenvalue weighted by molar-refractivity contribution is 5.97. The number of primary amides is 1. The van der Waals surface area contributed by atoms with Crippen molar-refractivity contribution < 1.29 is 43.2 Å². The zero-order chi connectivity index (χ0) is 63.0. The van der Waals surface area contributed by atoms with Crippen LogP contribution >= 0.6 is 0 Å². The molecule has 0 aliphatic carbocycles. The maximum Gasteiger partial charge on any atom is 0.243 e. The van der Waals surface area contributed by atoms with Gasteiger partial charge in [-0.15, -0.1) is 0 Å². The average Bonchev–Trinajstić information content (AvgIpc) is 3.63. The Labute approximate surface area is 506 Å². The fourth-order valence-electron chi connectivity index (χ4n) is 9.64. The molecule has 0 aromatic heterocycles. The lowest BCUT2D eigenvalue weighted by Gasteiger charge is -2.27. The molecule has 18 N–H and O–H groups in total. The summed E-state index contributed by atoms with van der Waals surface area (Å²) in [5, 5.41) is 22.3. The monoisotopic (exact) mass is 1190 g/mol. The summed E-state index contributed by atoms with van der Waals surface area (Å²) in [6, 6.07) is 26.9. The molecular weight excluding hydrogens is 1090 g/mol. The molecule has 0 radical (unpaired) electrons. The van der Waals surface area contributed by atoms with Gasteiger partial charge in [0.2, 0.25) is 53.2 Å². The number of hydrogen-bond acceptors (Lipinski definition) is 13. The van der Waals surface area contributed by atoms with Crippen LogP contribution in [0.5, 0.6) is 0 Å². The number of benzene rings is 4. The Hall–Kier alpha value is -8.05. The van der Waals surface area contributed by atoms with E-state index in [9.17, 15) is 43.2 Å². The van der Waals surface area contributed by atoms with Gasteiger partial charge in [0.1, 0.15) is 42.3 Å². The summed E-state index contributed by atoms with van der Waals surface area (Å²) in [6.45, 7) is 8.03. The Morgan fingerprint density at radius 3 is 0.988 bits per heavy atom. The second-order valence-corrected chi connectivity index (χ2v) is 22.7. The first kappa shape index (κ1) is 70.4. The van der Waals surface area contributed by atoms with Gasteiger partial charge in [0.15, 0.2) is 0 Å². The van der Waals surface area contributed by atoms with E-state index in [2.05, 4.69) is 42.5 Å². The first-order chi connectivity index (χ1) is 41.2. The number of unbranched alkanes of at least 4 members (excludes halogenated alkanes) is 1. The SMILES string of the molecule is CC(C)C[C@@H](NC(=O)[C@@H](Cc1ccccc1)NC(=O)[C@H](N)Cc1ccccc1)C(=O)N[C@H](CCCN)C(=O)NCCCC[C@@H](NC(=O)[C@@H](CCCN)NC(=O)[C@@H](CC(C)C)NC(=O)[C@@H](Cc1ccccc1)NC(=O)[C@H](N)Cc1ccccc1)C(N)=O. The highest BCUT2D eigenvalue weighted by Gasteiger charge is 2.34. The fraction of sp³-hybridized carbons (Fsp3) is 0.484. The highest BCUT2D eigenvalue weighted by atomic mass is 16.2. The number of carbonyl (C=O) groups excluding carboxylic acids is 9.